The number of hydrogen-bond acceptors (Lipinski definition) is 6. The number of alkyl halides is 2. The highest BCUT2D eigenvalue weighted by Crippen LogP contribution is 2.38. The summed E-state index contributed by atoms with van der Waals surface area (Å²) in [5, 5.41) is 0.392. The number of hydrogen-bond donors (Lipinski definition) is 1. The van der Waals surface area contributed by atoms with E-state index in [-0.39, 0.29) is 35.7 Å². The van der Waals surface area contributed by atoms with Gasteiger partial charge in [-0.1, -0.05) is 19.9 Å². The van der Waals surface area contributed by atoms with Crippen molar-refractivity contribution in [1.29, 1.82) is 0 Å². The van der Waals surface area contributed by atoms with Gasteiger partial charge in [-0.15, -0.1) is 0 Å². The number of nitrogens with zero attached hydrogens (tertiary/aromatic N) is 3. The molecular weight excluding hydrogens is 517 g/mol. The number of allylic oxidation sites excluding steroid dienone is 3. The number of pyridine rings is 2. The average molecular weight is 549 g/mol. The minimum atomic E-state index is -4.21. The fraction of sp³-hybridized carbons (Fsp3) is 0.407. The van der Waals surface area contributed by atoms with Gasteiger partial charge in [0.05, 0.1) is 5.69 Å². The summed E-state index contributed by atoms with van der Waals surface area (Å²) in [6, 6.07) is 6.11. The van der Waals surface area contributed by atoms with E-state index < -0.39 is 38.3 Å². The SMILES string of the molecule is CC(C)C[C@](C)(N)COc1ccc(-c2cn(S(=O)(=O)C3(C)C=C(F)C=CC3)c3ncccc23)nc1C(F)F. The van der Waals surface area contributed by atoms with Gasteiger partial charge in [-0.05, 0) is 69.0 Å². The van der Waals surface area contributed by atoms with Gasteiger partial charge in [-0.2, -0.15) is 0 Å². The number of nitrogens with two attached hydrogens (primary N) is 1. The third-order valence-corrected chi connectivity index (χ3v) is 8.68. The molecule has 2 N–H and O–H groups in total. The van der Waals surface area contributed by atoms with Crippen molar-refractivity contribution in [1.82, 2.24) is 13.9 Å². The van der Waals surface area contributed by atoms with E-state index in [1.165, 1.54) is 43.6 Å². The molecule has 0 saturated carbocycles. The summed E-state index contributed by atoms with van der Waals surface area (Å²) in [7, 11) is -4.21. The van der Waals surface area contributed by atoms with E-state index in [0.717, 1.165) is 10.0 Å². The highest BCUT2D eigenvalue weighted by Gasteiger charge is 2.41. The van der Waals surface area contributed by atoms with Gasteiger partial charge >= 0.3 is 0 Å². The lowest BCUT2D eigenvalue weighted by atomic mass is 9.93. The molecule has 7 nitrogen and oxygen atoms in total. The van der Waals surface area contributed by atoms with Crippen LogP contribution in [0.1, 0.15) is 52.7 Å². The Morgan fingerprint density at radius 3 is 2.66 bits per heavy atom. The molecule has 0 amide bonds. The molecule has 3 aromatic heterocycles. The van der Waals surface area contributed by atoms with Crippen LogP contribution in [0.5, 0.6) is 5.75 Å². The molecule has 204 valence electrons. The number of rotatable bonds is 9. The molecule has 0 saturated heterocycles. The zero-order valence-corrected chi connectivity index (χ0v) is 22.5. The maximum Gasteiger partial charge on any atom is 0.284 e. The zero-order valence-electron chi connectivity index (χ0n) is 21.7. The molecule has 11 heteroatoms. The molecule has 0 aromatic carbocycles. The lowest BCUT2D eigenvalue weighted by Gasteiger charge is -2.27. The van der Waals surface area contributed by atoms with E-state index in [2.05, 4.69) is 9.97 Å². The number of fused-ring (bicyclic) bond motifs is 1. The van der Waals surface area contributed by atoms with Gasteiger partial charge in [-0.25, -0.2) is 35.5 Å². The Morgan fingerprint density at radius 1 is 1.26 bits per heavy atom. The van der Waals surface area contributed by atoms with Crippen molar-refractivity contribution in [2.24, 2.45) is 11.7 Å². The Labute approximate surface area is 220 Å². The molecule has 1 unspecified atom stereocenters. The van der Waals surface area contributed by atoms with Crippen molar-refractivity contribution in [3.63, 3.8) is 0 Å². The van der Waals surface area contributed by atoms with Gasteiger partial charge in [-0.3, -0.25) is 0 Å². The molecule has 1 aliphatic carbocycles. The first-order valence-corrected chi connectivity index (χ1v) is 13.7. The minimum absolute atomic E-state index is 0.0184. The molecule has 0 bridgehead atoms. The Bertz CT molecular complexity index is 1510. The van der Waals surface area contributed by atoms with Gasteiger partial charge in [0.2, 0.25) is 10.0 Å². The van der Waals surface area contributed by atoms with Crippen LogP contribution in [-0.2, 0) is 10.0 Å². The summed E-state index contributed by atoms with van der Waals surface area (Å²) in [5.74, 6) is -0.460. The quantitative estimate of drug-likeness (QED) is 0.356. The van der Waals surface area contributed by atoms with Crippen LogP contribution in [-0.4, -0.2) is 39.3 Å². The fourth-order valence-corrected chi connectivity index (χ4v) is 6.39. The molecule has 4 rings (SSSR count). The van der Waals surface area contributed by atoms with Crippen molar-refractivity contribution < 1.29 is 26.3 Å². The molecule has 3 aromatic rings. The maximum absolute atomic E-state index is 14.1. The largest absolute Gasteiger partial charge is 0.490 e. The Kier molecular flexibility index (Phi) is 7.46. The first-order chi connectivity index (χ1) is 17.7. The topological polar surface area (TPSA) is 100 Å². The summed E-state index contributed by atoms with van der Waals surface area (Å²) < 4.78 is 74.6. The molecule has 38 heavy (non-hydrogen) atoms. The molecule has 2 atom stereocenters. The standard InChI is InChI=1S/C27H31F3N4O3S/c1-17(2)13-26(3,31)16-37-22-10-9-21(33-23(22)24(29)30)20-15-34(25-19(20)8-6-12-32-25)38(35,36)27(4)11-5-7-18(28)14-27/h5-10,12,14-15,17,24H,11,13,16,31H2,1-4H3/t26-,27?/m0/s1. The van der Waals surface area contributed by atoms with Gasteiger partial charge in [0.15, 0.2) is 5.65 Å². The maximum atomic E-state index is 14.1. The predicted octanol–water partition coefficient (Wildman–Crippen LogP) is 5.93. The van der Waals surface area contributed by atoms with Crippen LogP contribution in [0.4, 0.5) is 13.2 Å². The number of halogens is 3. The first-order valence-electron chi connectivity index (χ1n) is 12.2. The highest BCUT2D eigenvalue weighted by molar-refractivity contribution is 7.91. The Morgan fingerprint density at radius 2 is 2.00 bits per heavy atom. The smallest absolute Gasteiger partial charge is 0.284 e. The molecule has 3 heterocycles. The second-order valence-electron chi connectivity index (χ2n) is 10.6. The minimum Gasteiger partial charge on any atom is -0.490 e. The molecule has 0 aliphatic heterocycles. The molecule has 0 fully saturated rings. The van der Waals surface area contributed by atoms with E-state index in [4.69, 9.17) is 10.5 Å². The molecular formula is C27H31F3N4O3S. The summed E-state index contributed by atoms with van der Waals surface area (Å²) in [5.41, 5.74) is 5.45. The van der Waals surface area contributed by atoms with E-state index in [1.807, 2.05) is 13.8 Å². The van der Waals surface area contributed by atoms with Crippen molar-refractivity contribution in [3.05, 3.63) is 66.4 Å². The lowest BCUT2D eigenvalue weighted by molar-refractivity contribution is 0.134. The van der Waals surface area contributed by atoms with Crippen molar-refractivity contribution in [2.45, 2.75) is 57.2 Å². The Balaban J connectivity index is 1.78. The van der Waals surface area contributed by atoms with Gasteiger partial charge < -0.3 is 10.5 Å². The van der Waals surface area contributed by atoms with Crippen LogP contribution >= 0.6 is 0 Å². The predicted molar refractivity (Wildman–Crippen MR) is 141 cm³/mol. The molecule has 1 aliphatic rings. The summed E-state index contributed by atoms with van der Waals surface area (Å²) in [6.07, 6.45) is 4.18. The van der Waals surface area contributed by atoms with Crippen LogP contribution in [0, 0.1) is 5.92 Å². The van der Waals surface area contributed by atoms with Gasteiger partial charge in [0.25, 0.3) is 6.43 Å². The van der Waals surface area contributed by atoms with E-state index in [9.17, 15) is 21.6 Å². The first kappa shape index (κ1) is 27.8. The third kappa shape index (κ3) is 5.35. The third-order valence-electron chi connectivity index (χ3n) is 6.42. The highest BCUT2D eigenvalue weighted by atomic mass is 32.2. The second-order valence-corrected chi connectivity index (χ2v) is 12.9. The van der Waals surface area contributed by atoms with Crippen LogP contribution in [0.15, 0.2) is 60.7 Å². The van der Waals surface area contributed by atoms with Crippen molar-refractivity contribution >= 4 is 21.1 Å². The number of ether oxygens (including phenoxy) is 1. The average Bonchev–Trinajstić information content (AvgIpc) is 3.22. The van der Waals surface area contributed by atoms with Gasteiger partial charge in [0.1, 0.15) is 28.6 Å². The normalized spacial score (nSPS) is 19.7. The fourth-order valence-electron chi connectivity index (χ4n) is 4.75. The van der Waals surface area contributed by atoms with Crippen LogP contribution < -0.4 is 10.5 Å². The number of aromatic nitrogens is 3. The van der Waals surface area contributed by atoms with Crippen LogP contribution in [0.25, 0.3) is 22.3 Å². The van der Waals surface area contributed by atoms with Crippen molar-refractivity contribution in [2.75, 3.05) is 6.61 Å². The van der Waals surface area contributed by atoms with Gasteiger partial charge in [0, 0.05) is 28.9 Å². The molecule has 0 radical (unpaired) electrons. The molecule has 0 spiro atoms. The monoisotopic (exact) mass is 548 g/mol. The van der Waals surface area contributed by atoms with E-state index in [0.29, 0.717) is 17.7 Å². The zero-order chi connectivity index (χ0) is 27.9. The Hall–Kier alpha value is -3.18. The van der Waals surface area contributed by atoms with Crippen molar-refractivity contribution in [3.8, 4) is 17.0 Å². The lowest BCUT2D eigenvalue weighted by Crippen LogP contribution is -2.43. The van der Waals surface area contributed by atoms with Crippen LogP contribution in [0.3, 0.4) is 0 Å². The second kappa shape index (κ2) is 10.2. The van der Waals surface area contributed by atoms with E-state index in [1.54, 1.807) is 19.1 Å². The van der Waals surface area contributed by atoms with E-state index >= 15 is 0 Å². The summed E-state index contributed by atoms with van der Waals surface area (Å²) in [4.78, 5) is 8.39. The van der Waals surface area contributed by atoms with Crippen LogP contribution in [0.2, 0.25) is 0 Å². The summed E-state index contributed by atoms with van der Waals surface area (Å²) in [6.45, 7) is 7.25. The summed E-state index contributed by atoms with van der Waals surface area (Å²) >= 11 is 0.